The molecular formula is C25H24F2N4O4. The highest BCUT2D eigenvalue weighted by molar-refractivity contribution is 5.68. The number of benzene rings is 2. The number of halogens is 2. The molecule has 35 heavy (non-hydrogen) atoms. The summed E-state index contributed by atoms with van der Waals surface area (Å²) in [5, 5.41) is 0. The minimum absolute atomic E-state index is 0.0986. The Labute approximate surface area is 201 Å². The van der Waals surface area contributed by atoms with Gasteiger partial charge in [0.15, 0.2) is 11.6 Å². The quantitative estimate of drug-likeness (QED) is 0.542. The third kappa shape index (κ3) is 5.32. The lowest BCUT2D eigenvalue weighted by Gasteiger charge is -2.31. The summed E-state index contributed by atoms with van der Waals surface area (Å²) in [4.78, 5) is 25.6. The van der Waals surface area contributed by atoms with E-state index in [1.807, 2.05) is 35.2 Å². The molecule has 0 saturated carbocycles. The van der Waals surface area contributed by atoms with Crippen LogP contribution in [0.1, 0.15) is 16.8 Å². The van der Waals surface area contributed by atoms with Crippen LogP contribution >= 0.6 is 0 Å². The summed E-state index contributed by atoms with van der Waals surface area (Å²) < 4.78 is 44.0. The summed E-state index contributed by atoms with van der Waals surface area (Å²) in [5.41, 5.74) is 2.24. The number of anilines is 1. The Hall–Kier alpha value is -3.79. The van der Waals surface area contributed by atoms with Gasteiger partial charge in [0.05, 0.1) is 31.0 Å². The van der Waals surface area contributed by atoms with Crippen LogP contribution in [0.15, 0.2) is 48.5 Å². The van der Waals surface area contributed by atoms with E-state index in [1.54, 1.807) is 4.90 Å². The van der Waals surface area contributed by atoms with E-state index in [2.05, 4.69) is 4.98 Å². The zero-order valence-corrected chi connectivity index (χ0v) is 19.0. The van der Waals surface area contributed by atoms with Crippen molar-refractivity contribution in [3.05, 3.63) is 77.0 Å². The molecule has 0 spiro atoms. The van der Waals surface area contributed by atoms with Crippen molar-refractivity contribution in [2.45, 2.75) is 19.6 Å². The minimum Gasteiger partial charge on any atom is -0.445 e. The van der Waals surface area contributed by atoms with E-state index < -0.39 is 17.7 Å². The highest BCUT2D eigenvalue weighted by Gasteiger charge is 2.29. The number of ether oxygens (including phenoxy) is 3. The third-order valence-corrected chi connectivity index (χ3v) is 5.87. The van der Waals surface area contributed by atoms with E-state index >= 15 is 0 Å². The van der Waals surface area contributed by atoms with Gasteiger partial charge in [-0.3, -0.25) is 0 Å². The maximum atomic E-state index is 13.8. The molecule has 2 aliphatic heterocycles. The molecule has 0 bridgehead atoms. The molecule has 1 aromatic heterocycles. The number of carbonyl (C=O) groups excluding carboxylic acids is 1. The number of aromatic nitrogens is 2. The van der Waals surface area contributed by atoms with Crippen LogP contribution < -0.4 is 9.64 Å². The number of rotatable bonds is 5. The van der Waals surface area contributed by atoms with E-state index in [0.717, 1.165) is 23.4 Å². The second kappa shape index (κ2) is 10.2. The lowest BCUT2D eigenvalue weighted by molar-refractivity contribution is 0.0911. The number of morpholine rings is 1. The number of fused-ring (bicyclic) bond motifs is 1. The Morgan fingerprint density at radius 1 is 1.00 bits per heavy atom. The van der Waals surface area contributed by atoms with Crippen LogP contribution in [0.25, 0.3) is 0 Å². The molecule has 2 aromatic carbocycles. The van der Waals surface area contributed by atoms with Crippen LogP contribution in [0.3, 0.4) is 0 Å². The molecule has 0 aliphatic carbocycles. The fourth-order valence-corrected chi connectivity index (χ4v) is 3.98. The van der Waals surface area contributed by atoms with Crippen molar-refractivity contribution in [3.8, 4) is 11.6 Å². The molecule has 0 unspecified atom stereocenters. The van der Waals surface area contributed by atoms with E-state index in [4.69, 9.17) is 19.2 Å². The van der Waals surface area contributed by atoms with Gasteiger partial charge in [-0.25, -0.2) is 18.6 Å². The van der Waals surface area contributed by atoms with Crippen LogP contribution in [0.2, 0.25) is 0 Å². The molecule has 8 nitrogen and oxygen atoms in total. The average molecular weight is 482 g/mol. The largest absolute Gasteiger partial charge is 0.445 e. The van der Waals surface area contributed by atoms with Gasteiger partial charge in [-0.05, 0) is 17.7 Å². The van der Waals surface area contributed by atoms with Crippen molar-refractivity contribution in [1.82, 2.24) is 14.9 Å². The monoisotopic (exact) mass is 482 g/mol. The number of amides is 1. The molecule has 1 fully saturated rings. The Balaban J connectivity index is 1.40. The standard InChI is InChI=1S/C25H24F2N4O4/c26-20-7-6-18(14-21(20)27)35-23-19-15-31(25(32)34-16-17-4-2-1-3-5-17)9-8-22(19)28-24(29-23)30-10-12-33-13-11-30/h1-7,14H,8-13,15-16H2. The molecule has 182 valence electrons. The van der Waals surface area contributed by atoms with Crippen LogP contribution in [-0.4, -0.2) is 53.8 Å². The van der Waals surface area contributed by atoms with Crippen LogP contribution in [-0.2, 0) is 29.0 Å². The summed E-state index contributed by atoms with van der Waals surface area (Å²) in [6, 6.07) is 12.7. The Morgan fingerprint density at radius 3 is 2.57 bits per heavy atom. The van der Waals surface area contributed by atoms with Gasteiger partial charge in [-0.15, -0.1) is 0 Å². The van der Waals surface area contributed by atoms with E-state index in [1.165, 1.54) is 6.07 Å². The van der Waals surface area contributed by atoms with Crippen LogP contribution in [0.5, 0.6) is 11.6 Å². The predicted molar refractivity (Wildman–Crippen MR) is 122 cm³/mol. The van der Waals surface area contributed by atoms with E-state index in [-0.39, 0.29) is 24.8 Å². The first kappa shape index (κ1) is 23.0. The lowest BCUT2D eigenvalue weighted by Crippen LogP contribution is -2.39. The minimum atomic E-state index is -1.02. The average Bonchev–Trinajstić information content (AvgIpc) is 2.90. The maximum absolute atomic E-state index is 13.8. The fraction of sp³-hybridized carbons (Fsp3) is 0.320. The molecule has 10 heteroatoms. The zero-order valence-electron chi connectivity index (χ0n) is 19.0. The molecule has 5 rings (SSSR count). The smallest absolute Gasteiger partial charge is 0.410 e. The number of hydrogen-bond acceptors (Lipinski definition) is 7. The summed E-state index contributed by atoms with van der Waals surface area (Å²) in [5.74, 6) is -1.22. The lowest BCUT2D eigenvalue weighted by atomic mass is 10.1. The predicted octanol–water partition coefficient (Wildman–Crippen LogP) is 4.08. The Bertz CT molecular complexity index is 1210. The first-order chi connectivity index (χ1) is 17.1. The molecule has 2 aliphatic rings. The first-order valence-corrected chi connectivity index (χ1v) is 11.4. The van der Waals surface area contributed by atoms with Crippen molar-refractivity contribution < 1.29 is 27.8 Å². The summed E-state index contributed by atoms with van der Waals surface area (Å²) in [6.07, 6.45) is 0.0135. The Kier molecular flexibility index (Phi) is 6.71. The molecule has 1 saturated heterocycles. The van der Waals surface area contributed by atoms with Gasteiger partial charge in [0.25, 0.3) is 0 Å². The van der Waals surface area contributed by atoms with Crippen LogP contribution in [0, 0.1) is 11.6 Å². The molecule has 3 heterocycles. The van der Waals surface area contributed by atoms with Gasteiger partial charge in [0, 0.05) is 32.1 Å². The first-order valence-electron chi connectivity index (χ1n) is 11.4. The SMILES string of the molecule is O=C(OCc1ccccc1)N1CCc2nc(N3CCOCC3)nc(Oc3ccc(F)c(F)c3)c2C1. The van der Waals surface area contributed by atoms with Gasteiger partial charge in [-0.1, -0.05) is 30.3 Å². The number of carbonyl (C=O) groups is 1. The van der Waals surface area contributed by atoms with Gasteiger partial charge < -0.3 is 24.0 Å². The van der Waals surface area contributed by atoms with Crippen molar-refractivity contribution in [3.63, 3.8) is 0 Å². The second-order valence-electron chi connectivity index (χ2n) is 8.24. The van der Waals surface area contributed by atoms with Crippen molar-refractivity contribution in [2.75, 3.05) is 37.7 Å². The Morgan fingerprint density at radius 2 is 1.80 bits per heavy atom. The van der Waals surface area contributed by atoms with E-state index in [9.17, 15) is 13.6 Å². The topological polar surface area (TPSA) is 77.0 Å². The van der Waals surface area contributed by atoms with E-state index in [0.29, 0.717) is 50.8 Å². The molecule has 0 atom stereocenters. The fourth-order valence-electron chi connectivity index (χ4n) is 3.98. The number of hydrogen-bond donors (Lipinski definition) is 0. The molecule has 0 N–H and O–H groups in total. The summed E-state index contributed by atoms with van der Waals surface area (Å²) >= 11 is 0. The summed E-state index contributed by atoms with van der Waals surface area (Å²) in [6.45, 7) is 3.12. The second-order valence-corrected chi connectivity index (χ2v) is 8.24. The van der Waals surface area contributed by atoms with Crippen LogP contribution in [0.4, 0.5) is 19.5 Å². The molecular weight excluding hydrogens is 458 g/mol. The highest BCUT2D eigenvalue weighted by atomic mass is 19.2. The summed E-state index contributed by atoms with van der Waals surface area (Å²) in [7, 11) is 0. The zero-order chi connectivity index (χ0) is 24.2. The molecule has 0 radical (unpaired) electrons. The van der Waals surface area contributed by atoms with Crippen molar-refractivity contribution in [2.24, 2.45) is 0 Å². The highest BCUT2D eigenvalue weighted by Crippen LogP contribution is 2.32. The van der Waals surface area contributed by atoms with Crippen molar-refractivity contribution >= 4 is 12.0 Å². The van der Waals surface area contributed by atoms with Gasteiger partial charge >= 0.3 is 6.09 Å². The normalized spacial score (nSPS) is 15.5. The molecule has 3 aromatic rings. The third-order valence-electron chi connectivity index (χ3n) is 5.87. The maximum Gasteiger partial charge on any atom is 0.410 e. The number of nitrogens with zero attached hydrogens (tertiary/aromatic N) is 4. The van der Waals surface area contributed by atoms with Gasteiger partial charge in [-0.2, -0.15) is 4.98 Å². The van der Waals surface area contributed by atoms with Gasteiger partial charge in [0.1, 0.15) is 12.4 Å². The van der Waals surface area contributed by atoms with Crippen molar-refractivity contribution in [1.29, 1.82) is 0 Å². The molecule has 1 amide bonds. The van der Waals surface area contributed by atoms with Gasteiger partial charge in [0.2, 0.25) is 11.8 Å².